The molecule has 1 amide bonds. The molecule has 1 aromatic heterocycles. The van der Waals surface area contributed by atoms with E-state index in [1.54, 1.807) is 12.1 Å². The number of amides is 1. The molecule has 98 valence electrons. The molecule has 0 saturated heterocycles. The molecule has 0 aliphatic carbocycles. The van der Waals surface area contributed by atoms with Gasteiger partial charge >= 0.3 is 0 Å². The van der Waals surface area contributed by atoms with Gasteiger partial charge in [-0.1, -0.05) is 12.1 Å². The number of nitrogens with zero attached hydrogens (tertiary/aromatic N) is 1. The fourth-order valence-corrected chi connectivity index (χ4v) is 1.75. The summed E-state index contributed by atoms with van der Waals surface area (Å²) in [7, 11) is 0. The van der Waals surface area contributed by atoms with Crippen molar-refractivity contribution in [2.75, 3.05) is 17.7 Å². The number of H-pyrrole nitrogens is 1. The first-order valence-corrected chi connectivity index (χ1v) is 5.72. The quantitative estimate of drug-likeness (QED) is 0.740. The van der Waals surface area contributed by atoms with Crippen LogP contribution in [-0.4, -0.2) is 28.8 Å². The molecule has 2 heterocycles. The van der Waals surface area contributed by atoms with Crippen molar-refractivity contribution in [3.63, 3.8) is 0 Å². The highest BCUT2D eigenvalue weighted by Crippen LogP contribution is 2.31. The minimum Gasteiger partial charge on any atom is -0.485 e. The van der Waals surface area contributed by atoms with Crippen molar-refractivity contribution >= 4 is 17.4 Å². The molecule has 4 N–H and O–H groups in total. The smallest absolute Gasteiger partial charge is 0.270 e. The molecule has 0 bridgehead atoms. The maximum atomic E-state index is 12.0. The third-order valence-electron chi connectivity index (χ3n) is 2.72. The molecule has 1 aliphatic rings. The van der Waals surface area contributed by atoms with E-state index in [-0.39, 0.29) is 12.5 Å². The summed E-state index contributed by atoms with van der Waals surface area (Å²) in [6.45, 7) is 0.150. The van der Waals surface area contributed by atoms with Gasteiger partial charge in [-0.25, -0.2) is 0 Å². The molecular weight excluding hydrogens is 248 g/mol. The van der Waals surface area contributed by atoms with Gasteiger partial charge in [0.2, 0.25) is 6.10 Å². The van der Waals surface area contributed by atoms with E-state index >= 15 is 0 Å². The van der Waals surface area contributed by atoms with Crippen LogP contribution in [0.5, 0.6) is 11.5 Å². The molecule has 3 rings (SSSR count). The normalized spacial score (nSPS) is 16.9. The van der Waals surface area contributed by atoms with E-state index in [0.717, 1.165) is 0 Å². The lowest BCUT2D eigenvalue weighted by Crippen LogP contribution is -2.40. The number of fused-ring (bicyclic) bond motifs is 1. The average molecular weight is 260 g/mol. The number of benzene rings is 1. The maximum Gasteiger partial charge on any atom is 0.270 e. The number of carbonyl (C=O) groups is 1. The van der Waals surface area contributed by atoms with Crippen LogP contribution in [0.25, 0.3) is 0 Å². The number of para-hydroxylation sites is 2. The lowest BCUT2D eigenvalue weighted by Gasteiger charge is -2.25. The van der Waals surface area contributed by atoms with Gasteiger partial charge in [-0.2, -0.15) is 5.10 Å². The highest BCUT2D eigenvalue weighted by molar-refractivity contribution is 5.96. The Morgan fingerprint density at radius 3 is 2.95 bits per heavy atom. The topological polar surface area (TPSA) is 102 Å². The molecule has 7 heteroatoms. The van der Waals surface area contributed by atoms with Gasteiger partial charge in [0.15, 0.2) is 17.3 Å². The largest absolute Gasteiger partial charge is 0.485 e. The fourth-order valence-electron chi connectivity index (χ4n) is 1.75. The summed E-state index contributed by atoms with van der Waals surface area (Å²) in [5.74, 6) is 1.19. The summed E-state index contributed by atoms with van der Waals surface area (Å²) in [6.07, 6.45) is 0.695. The first-order chi connectivity index (χ1) is 9.24. The molecule has 0 fully saturated rings. The minimum absolute atomic E-state index is 0.150. The van der Waals surface area contributed by atoms with Crippen LogP contribution in [0.1, 0.15) is 0 Å². The fraction of sp³-hybridized carbons (Fsp3) is 0.167. The van der Waals surface area contributed by atoms with Crippen molar-refractivity contribution in [3.8, 4) is 11.5 Å². The summed E-state index contributed by atoms with van der Waals surface area (Å²) in [6, 6.07) is 7.19. The molecule has 1 unspecified atom stereocenters. The number of hydrogen-bond donors (Lipinski definition) is 3. The van der Waals surface area contributed by atoms with E-state index in [0.29, 0.717) is 23.0 Å². The number of carbonyl (C=O) groups excluding carboxylic acids is 1. The molecule has 19 heavy (non-hydrogen) atoms. The summed E-state index contributed by atoms with van der Waals surface area (Å²) >= 11 is 0. The maximum absolute atomic E-state index is 12.0. The van der Waals surface area contributed by atoms with Crippen molar-refractivity contribution in [3.05, 3.63) is 30.5 Å². The van der Waals surface area contributed by atoms with Crippen molar-refractivity contribution in [2.45, 2.75) is 6.10 Å². The summed E-state index contributed by atoms with van der Waals surface area (Å²) in [5, 5.41) is 8.91. The van der Waals surface area contributed by atoms with Gasteiger partial charge in [-0.3, -0.25) is 9.89 Å². The Morgan fingerprint density at radius 2 is 2.21 bits per heavy atom. The van der Waals surface area contributed by atoms with Crippen molar-refractivity contribution < 1.29 is 14.3 Å². The van der Waals surface area contributed by atoms with E-state index in [1.807, 2.05) is 12.1 Å². The molecule has 1 aliphatic heterocycles. The van der Waals surface area contributed by atoms with Crippen LogP contribution in [-0.2, 0) is 4.79 Å². The first-order valence-electron chi connectivity index (χ1n) is 5.72. The zero-order valence-corrected chi connectivity index (χ0v) is 9.92. The van der Waals surface area contributed by atoms with Gasteiger partial charge in [0.25, 0.3) is 5.91 Å². The third kappa shape index (κ3) is 2.17. The van der Waals surface area contributed by atoms with Crippen LogP contribution in [0.15, 0.2) is 30.5 Å². The van der Waals surface area contributed by atoms with Crippen LogP contribution in [0.2, 0.25) is 0 Å². The predicted octanol–water partition coefficient (Wildman–Crippen LogP) is 0.770. The minimum atomic E-state index is -0.724. The zero-order chi connectivity index (χ0) is 13.2. The lowest BCUT2D eigenvalue weighted by atomic mass is 10.2. The van der Waals surface area contributed by atoms with Crippen molar-refractivity contribution in [2.24, 2.45) is 0 Å². The van der Waals surface area contributed by atoms with Gasteiger partial charge in [0.05, 0.1) is 11.9 Å². The molecule has 0 saturated carbocycles. The Kier molecular flexibility index (Phi) is 2.71. The summed E-state index contributed by atoms with van der Waals surface area (Å²) < 4.78 is 11.0. The highest BCUT2D eigenvalue weighted by atomic mass is 16.6. The average Bonchev–Trinajstić information content (AvgIpc) is 2.84. The van der Waals surface area contributed by atoms with Crippen LogP contribution in [0.3, 0.4) is 0 Å². The number of nitrogens with one attached hydrogen (secondary N) is 2. The zero-order valence-electron chi connectivity index (χ0n) is 9.92. The van der Waals surface area contributed by atoms with Gasteiger partial charge < -0.3 is 20.5 Å². The van der Waals surface area contributed by atoms with Gasteiger partial charge in [0.1, 0.15) is 6.61 Å². The lowest BCUT2D eigenvalue weighted by molar-refractivity contribution is -0.125. The van der Waals surface area contributed by atoms with Crippen molar-refractivity contribution in [1.82, 2.24) is 10.2 Å². The molecule has 0 spiro atoms. The Bertz CT molecular complexity index is 611. The Labute approximate surface area is 108 Å². The number of nitrogen functional groups attached to an aromatic ring is 1. The monoisotopic (exact) mass is 260 g/mol. The highest BCUT2D eigenvalue weighted by Gasteiger charge is 2.27. The third-order valence-corrected chi connectivity index (χ3v) is 2.72. The van der Waals surface area contributed by atoms with E-state index in [4.69, 9.17) is 15.2 Å². The van der Waals surface area contributed by atoms with E-state index < -0.39 is 6.10 Å². The Hall–Kier alpha value is -2.70. The van der Waals surface area contributed by atoms with E-state index in [2.05, 4.69) is 15.5 Å². The number of anilines is 2. The number of aromatic amines is 1. The van der Waals surface area contributed by atoms with Gasteiger partial charge in [-0.05, 0) is 12.1 Å². The standard InChI is InChI=1S/C12H12N4O3/c13-7-5-14-16-11(7)15-12(17)10-6-18-8-3-1-2-4-9(8)19-10/h1-5,10H,6,13H2,(H2,14,15,16,17). The number of nitrogens with two attached hydrogens (primary N) is 1. The second-order valence-electron chi connectivity index (χ2n) is 4.05. The van der Waals surface area contributed by atoms with Crippen LogP contribution in [0.4, 0.5) is 11.5 Å². The van der Waals surface area contributed by atoms with Crippen molar-refractivity contribution in [1.29, 1.82) is 0 Å². The second kappa shape index (κ2) is 4.52. The molecular formula is C12H12N4O3. The van der Waals surface area contributed by atoms with E-state index in [9.17, 15) is 4.79 Å². The second-order valence-corrected chi connectivity index (χ2v) is 4.05. The number of hydrogen-bond acceptors (Lipinski definition) is 5. The first kappa shape index (κ1) is 11.4. The molecule has 2 aromatic rings. The van der Waals surface area contributed by atoms with Gasteiger partial charge in [-0.15, -0.1) is 0 Å². The molecule has 1 atom stereocenters. The number of aromatic nitrogens is 2. The molecule has 1 aromatic carbocycles. The summed E-state index contributed by atoms with van der Waals surface area (Å²) in [5.41, 5.74) is 5.98. The van der Waals surface area contributed by atoms with Crippen LogP contribution >= 0.6 is 0 Å². The predicted molar refractivity (Wildman–Crippen MR) is 68.0 cm³/mol. The Morgan fingerprint density at radius 1 is 1.42 bits per heavy atom. The van der Waals surface area contributed by atoms with Gasteiger partial charge in [0, 0.05) is 0 Å². The Balaban J connectivity index is 1.71. The molecule has 0 radical (unpaired) electrons. The summed E-state index contributed by atoms with van der Waals surface area (Å²) in [4.78, 5) is 12.0. The number of rotatable bonds is 2. The van der Waals surface area contributed by atoms with Crippen LogP contribution < -0.4 is 20.5 Å². The van der Waals surface area contributed by atoms with E-state index in [1.165, 1.54) is 6.20 Å². The SMILES string of the molecule is Nc1cn[nH]c1NC(=O)C1COc2ccccc2O1. The number of ether oxygens (including phenoxy) is 2. The van der Waals surface area contributed by atoms with Crippen LogP contribution in [0, 0.1) is 0 Å². The molecule has 7 nitrogen and oxygen atoms in total.